The van der Waals surface area contributed by atoms with Crippen molar-refractivity contribution >= 4 is 5.69 Å². The molecule has 0 fully saturated rings. The van der Waals surface area contributed by atoms with Crippen molar-refractivity contribution in [3.05, 3.63) is 58.9 Å². The van der Waals surface area contributed by atoms with Gasteiger partial charge in [0.05, 0.1) is 0 Å². The highest BCUT2D eigenvalue weighted by Crippen LogP contribution is 2.42. The quantitative estimate of drug-likeness (QED) is 0.909. The van der Waals surface area contributed by atoms with E-state index in [1.807, 2.05) is 12.4 Å². The van der Waals surface area contributed by atoms with Crippen molar-refractivity contribution in [3.8, 4) is 0 Å². The second-order valence-corrected chi connectivity index (χ2v) is 7.62. The lowest BCUT2D eigenvalue weighted by molar-refractivity contribution is 0.451. The van der Waals surface area contributed by atoms with Crippen LogP contribution in [0.5, 0.6) is 0 Å². The van der Waals surface area contributed by atoms with Crippen LogP contribution in [0.4, 0.5) is 5.69 Å². The van der Waals surface area contributed by atoms with Crippen LogP contribution in [0.2, 0.25) is 0 Å². The second-order valence-electron chi connectivity index (χ2n) is 7.62. The smallest absolute Gasteiger partial charge is 0.0430 e. The van der Waals surface area contributed by atoms with E-state index >= 15 is 0 Å². The molecule has 2 N–H and O–H groups in total. The molecule has 3 nitrogen and oxygen atoms in total. The first-order chi connectivity index (χ1) is 11.4. The van der Waals surface area contributed by atoms with E-state index in [4.69, 9.17) is 5.73 Å². The summed E-state index contributed by atoms with van der Waals surface area (Å²) in [6.07, 6.45) is 5.95. The Bertz CT molecular complexity index is 705. The zero-order valence-corrected chi connectivity index (χ0v) is 15.3. The molecule has 2 aromatic rings. The zero-order chi connectivity index (χ0) is 17.3. The third-order valence-corrected chi connectivity index (χ3v) is 5.33. The van der Waals surface area contributed by atoms with Crippen LogP contribution in [0, 0.1) is 0 Å². The van der Waals surface area contributed by atoms with Crippen LogP contribution < -0.4 is 10.6 Å². The summed E-state index contributed by atoms with van der Waals surface area (Å²) in [4.78, 5) is 6.63. The molecule has 1 aromatic carbocycles. The average Bonchev–Trinajstić information content (AvgIpc) is 2.57. The fourth-order valence-corrected chi connectivity index (χ4v) is 3.73. The molecule has 1 aliphatic heterocycles. The summed E-state index contributed by atoms with van der Waals surface area (Å²) in [6.45, 7) is 11.0. The highest BCUT2D eigenvalue weighted by Gasteiger charge is 2.32. The average molecular weight is 323 g/mol. The van der Waals surface area contributed by atoms with Crippen molar-refractivity contribution in [2.45, 2.75) is 58.5 Å². The first-order valence-electron chi connectivity index (χ1n) is 8.99. The minimum absolute atomic E-state index is 0.0677. The molecule has 1 unspecified atom stereocenters. The molecule has 0 aliphatic carbocycles. The molecule has 0 radical (unpaired) electrons. The van der Waals surface area contributed by atoms with Gasteiger partial charge < -0.3 is 10.6 Å². The lowest BCUT2D eigenvalue weighted by atomic mass is 9.75. The fraction of sp³-hybridized carbons (Fsp3) is 0.476. The van der Waals surface area contributed by atoms with Crippen LogP contribution in [0.15, 0.2) is 36.7 Å². The fourth-order valence-electron chi connectivity index (χ4n) is 3.73. The van der Waals surface area contributed by atoms with Gasteiger partial charge in [-0.15, -0.1) is 0 Å². The van der Waals surface area contributed by atoms with Crippen LogP contribution in [0.1, 0.15) is 62.4 Å². The van der Waals surface area contributed by atoms with Gasteiger partial charge in [0, 0.05) is 37.2 Å². The molecule has 1 aliphatic rings. The standard InChI is InChI=1S/C21H29N3/c1-5-17-12-19-20(13-18(17)15(2)22)24(11-8-21(19,3)4)14-16-6-9-23-10-7-16/h6-7,9-10,12-13,15H,5,8,11,14,22H2,1-4H3. The predicted octanol–water partition coefficient (Wildman–Crippen LogP) is 4.35. The highest BCUT2D eigenvalue weighted by atomic mass is 15.1. The molecule has 128 valence electrons. The van der Waals surface area contributed by atoms with Crippen LogP contribution in [0.25, 0.3) is 0 Å². The van der Waals surface area contributed by atoms with E-state index in [1.165, 1.54) is 34.4 Å². The van der Waals surface area contributed by atoms with Gasteiger partial charge in [-0.25, -0.2) is 0 Å². The molecule has 2 heterocycles. The van der Waals surface area contributed by atoms with Crippen molar-refractivity contribution in [2.75, 3.05) is 11.4 Å². The van der Waals surface area contributed by atoms with Gasteiger partial charge in [-0.1, -0.05) is 26.8 Å². The number of hydrogen-bond acceptors (Lipinski definition) is 3. The van der Waals surface area contributed by atoms with E-state index in [9.17, 15) is 0 Å². The Morgan fingerprint density at radius 2 is 1.96 bits per heavy atom. The highest BCUT2D eigenvalue weighted by molar-refractivity contribution is 5.62. The molecule has 0 amide bonds. The molecular weight excluding hydrogens is 294 g/mol. The number of aryl methyl sites for hydroxylation is 1. The van der Waals surface area contributed by atoms with Gasteiger partial charge in [0.1, 0.15) is 0 Å². The van der Waals surface area contributed by atoms with Crippen molar-refractivity contribution in [2.24, 2.45) is 5.73 Å². The number of aromatic nitrogens is 1. The summed E-state index contributed by atoms with van der Waals surface area (Å²) in [6, 6.07) is 9.03. The number of pyridine rings is 1. The summed E-state index contributed by atoms with van der Waals surface area (Å²) in [5, 5.41) is 0. The number of fused-ring (bicyclic) bond motifs is 1. The first kappa shape index (κ1) is 17.0. The monoisotopic (exact) mass is 323 g/mol. The Hall–Kier alpha value is -1.87. The van der Waals surface area contributed by atoms with Gasteiger partial charge >= 0.3 is 0 Å². The van der Waals surface area contributed by atoms with E-state index in [1.54, 1.807) is 0 Å². The zero-order valence-electron chi connectivity index (χ0n) is 15.3. The third kappa shape index (κ3) is 3.18. The normalized spacial score (nSPS) is 17.5. The molecular formula is C21H29N3. The molecule has 24 heavy (non-hydrogen) atoms. The summed E-state index contributed by atoms with van der Waals surface area (Å²) >= 11 is 0. The van der Waals surface area contributed by atoms with E-state index < -0.39 is 0 Å². The molecule has 1 atom stereocenters. The Balaban J connectivity index is 2.06. The van der Waals surface area contributed by atoms with E-state index in [0.717, 1.165) is 19.5 Å². The van der Waals surface area contributed by atoms with Crippen molar-refractivity contribution in [3.63, 3.8) is 0 Å². The minimum atomic E-state index is 0.0677. The van der Waals surface area contributed by atoms with Gasteiger partial charge in [0.2, 0.25) is 0 Å². The predicted molar refractivity (Wildman–Crippen MR) is 101 cm³/mol. The molecule has 0 saturated heterocycles. The number of nitrogens with two attached hydrogens (primary N) is 1. The summed E-state index contributed by atoms with van der Waals surface area (Å²) in [5.74, 6) is 0. The summed E-state index contributed by atoms with van der Waals surface area (Å²) < 4.78 is 0. The van der Waals surface area contributed by atoms with Crippen LogP contribution >= 0.6 is 0 Å². The molecule has 3 rings (SSSR count). The minimum Gasteiger partial charge on any atom is -0.367 e. The maximum Gasteiger partial charge on any atom is 0.0430 e. The van der Waals surface area contributed by atoms with Gasteiger partial charge in [-0.3, -0.25) is 4.98 Å². The molecule has 1 aromatic heterocycles. The number of hydrogen-bond donors (Lipinski definition) is 1. The Labute approximate surface area is 145 Å². The third-order valence-electron chi connectivity index (χ3n) is 5.33. The van der Waals surface area contributed by atoms with Crippen molar-refractivity contribution in [1.29, 1.82) is 0 Å². The van der Waals surface area contributed by atoms with Gasteiger partial charge in [-0.05, 0) is 65.6 Å². The van der Waals surface area contributed by atoms with Crippen LogP contribution in [0.3, 0.4) is 0 Å². The largest absolute Gasteiger partial charge is 0.367 e. The topological polar surface area (TPSA) is 42.1 Å². The Morgan fingerprint density at radius 3 is 2.58 bits per heavy atom. The second kappa shape index (κ2) is 6.56. The molecule has 3 heteroatoms. The number of nitrogens with zero attached hydrogens (tertiary/aromatic N) is 2. The maximum absolute atomic E-state index is 6.26. The van der Waals surface area contributed by atoms with E-state index in [0.29, 0.717) is 0 Å². The van der Waals surface area contributed by atoms with E-state index in [2.05, 4.69) is 61.8 Å². The Kier molecular flexibility index (Phi) is 4.64. The number of rotatable bonds is 4. The molecule has 0 saturated carbocycles. The maximum atomic E-state index is 6.26. The Morgan fingerprint density at radius 1 is 1.25 bits per heavy atom. The van der Waals surface area contributed by atoms with Crippen LogP contribution in [-0.4, -0.2) is 11.5 Å². The first-order valence-corrected chi connectivity index (χ1v) is 8.99. The van der Waals surface area contributed by atoms with Crippen molar-refractivity contribution < 1.29 is 0 Å². The van der Waals surface area contributed by atoms with Crippen molar-refractivity contribution in [1.82, 2.24) is 4.98 Å². The van der Waals surface area contributed by atoms with E-state index in [-0.39, 0.29) is 11.5 Å². The SMILES string of the molecule is CCc1cc2c(cc1C(C)N)N(Cc1ccncc1)CCC2(C)C. The van der Waals surface area contributed by atoms with Gasteiger partial charge in [0.25, 0.3) is 0 Å². The summed E-state index contributed by atoms with van der Waals surface area (Å²) in [7, 11) is 0. The van der Waals surface area contributed by atoms with Crippen LogP contribution in [-0.2, 0) is 18.4 Å². The lowest BCUT2D eigenvalue weighted by Crippen LogP contribution is -2.37. The number of anilines is 1. The van der Waals surface area contributed by atoms with Gasteiger partial charge in [-0.2, -0.15) is 0 Å². The summed E-state index contributed by atoms with van der Waals surface area (Å²) in [5.41, 5.74) is 13.3. The molecule has 0 spiro atoms. The molecule has 0 bridgehead atoms. The number of benzene rings is 1. The van der Waals surface area contributed by atoms with Gasteiger partial charge in [0.15, 0.2) is 0 Å². The lowest BCUT2D eigenvalue weighted by Gasteiger charge is -2.41.